The van der Waals surface area contributed by atoms with Crippen LogP contribution in [0.4, 0.5) is 9.18 Å². The number of hydrogen-bond donors (Lipinski definition) is 2. The van der Waals surface area contributed by atoms with E-state index in [1.165, 1.54) is 43.4 Å². The van der Waals surface area contributed by atoms with Crippen LogP contribution in [0.1, 0.15) is 85.5 Å². The van der Waals surface area contributed by atoms with Crippen LogP contribution in [-0.4, -0.2) is 60.8 Å². The number of hydrogen-bond acceptors (Lipinski definition) is 5. The van der Waals surface area contributed by atoms with Gasteiger partial charge in [-0.1, -0.05) is 25.9 Å². The van der Waals surface area contributed by atoms with Gasteiger partial charge in [0, 0.05) is 19.0 Å². The molecule has 6 nitrogen and oxygen atoms in total. The van der Waals surface area contributed by atoms with E-state index in [2.05, 4.69) is 24.3 Å². The van der Waals surface area contributed by atoms with Crippen LogP contribution in [0.2, 0.25) is 0 Å². The van der Waals surface area contributed by atoms with Crippen LogP contribution in [0.15, 0.2) is 5.16 Å². The zero-order chi connectivity index (χ0) is 25.2. The molecular formula is C28H48FN3O3. The predicted octanol–water partition coefficient (Wildman–Crippen LogP) is 5.40. The maximum atomic E-state index is 13.0. The molecule has 4 aliphatic carbocycles. The van der Waals surface area contributed by atoms with Gasteiger partial charge in [0.1, 0.15) is 6.67 Å². The third-order valence-corrected chi connectivity index (χ3v) is 10.8. The molecule has 200 valence electrons. The topological polar surface area (TPSA) is 74.2 Å². The van der Waals surface area contributed by atoms with Crippen LogP contribution in [0.3, 0.4) is 0 Å². The first-order chi connectivity index (χ1) is 16.7. The van der Waals surface area contributed by atoms with E-state index in [9.17, 15) is 14.3 Å². The van der Waals surface area contributed by atoms with Gasteiger partial charge in [-0.3, -0.25) is 4.84 Å². The third kappa shape index (κ3) is 5.14. The monoisotopic (exact) mass is 493 g/mol. The summed E-state index contributed by atoms with van der Waals surface area (Å²) in [5.41, 5.74) is 1.49. The van der Waals surface area contributed by atoms with Crippen molar-refractivity contribution in [3.05, 3.63) is 0 Å². The SMILES string of the molecule is CCNCCN(CCF)C(=O)O/N=C(\C)[C@H]1CC[C@H]2[C@@H]3CC[C@@H]4C[C@@H](O)CC[C@]4(C)[C@H]3CC[C@]12C. The number of rotatable bonds is 8. The van der Waals surface area contributed by atoms with Gasteiger partial charge in [0.15, 0.2) is 0 Å². The van der Waals surface area contributed by atoms with E-state index in [-0.39, 0.29) is 18.1 Å². The highest BCUT2D eigenvalue weighted by Gasteiger charge is 2.60. The fraction of sp³-hybridized carbons (Fsp3) is 0.929. The summed E-state index contributed by atoms with van der Waals surface area (Å²) in [6.07, 6.45) is 9.81. The van der Waals surface area contributed by atoms with Crippen molar-refractivity contribution in [2.75, 3.05) is 32.9 Å². The second-order valence-electron chi connectivity index (χ2n) is 12.4. The molecule has 4 rings (SSSR count). The summed E-state index contributed by atoms with van der Waals surface area (Å²) in [4.78, 5) is 19.3. The second-order valence-corrected chi connectivity index (χ2v) is 12.4. The molecule has 0 aromatic heterocycles. The van der Waals surface area contributed by atoms with Gasteiger partial charge in [0.2, 0.25) is 0 Å². The highest BCUT2D eigenvalue weighted by molar-refractivity contribution is 5.85. The molecule has 8 atom stereocenters. The molecule has 2 N–H and O–H groups in total. The second kappa shape index (κ2) is 11.0. The first-order valence-electron chi connectivity index (χ1n) is 14.2. The quantitative estimate of drug-likeness (QED) is 0.205. The van der Waals surface area contributed by atoms with Crippen LogP contribution in [0.5, 0.6) is 0 Å². The van der Waals surface area contributed by atoms with Crippen molar-refractivity contribution < 1.29 is 19.1 Å². The van der Waals surface area contributed by atoms with Crippen molar-refractivity contribution in [3.8, 4) is 0 Å². The smallest absolute Gasteiger partial charge is 0.393 e. The Morgan fingerprint density at radius 2 is 1.83 bits per heavy atom. The number of fused-ring (bicyclic) bond motifs is 5. The Kier molecular flexibility index (Phi) is 8.47. The summed E-state index contributed by atoms with van der Waals surface area (Å²) in [6, 6.07) is 0. The molecule has 0 unspecified atom stereocenters. The molecule has 35 heavy (non-hydrogen) atoms. The molecule has 4 aliphatic rings. The maximum absolute atomic E-state index is 13.0. The molecule has 0 radical (unpaired) electrons. The zero-order valence-corrected chi connectivity index (χ0v) is 22.4. The first-order valence-corrected chi connectivity index (χ1v) is 14.2. The number of carbonyl (C=O) groups excluding carboxylic acids is 1. The molecule has 0 aliphatic heterocycles. The molecule has 1 amide bonds. The maximum Gasteiger partial charge on any atom is 0.436 e. The molecule has 0 saturated heterocycles. The largest absolute Gasteiger partial charge is 0.436 e. The Morgan fingerprint density at radius 1 is 1.09 bits per heavy atom. The van der Waals surface area contributed by atoms with Crippen molar-refractivity contribution in [2.45, 2.75) is 91.6 Å². The fourth-order valence-corrected chi connectivity index (χ4v) is 8.94. The van der Waals surface area contributed by atoms with E-state index >= 15 is 0 Å². The van der Waals surface area contributed by atoms with Crippen LogP contribution in [0, 0.1) is 40.4 Å². The Morgan fingerprint density at radius 3 is 2.57 bits per heavy atom. The van der Waals surface area contributed by atoms with Crippen LogP contribution >= 0.6 is 0 Å². The Bertz CT molecular complexity index is 779. The number of alkyl halides is 1. The summed E-state index contributed by atoms with van der Waals surface area (Å²) in [5, 5.41) is 17.8. The number of nitrogens with zero attached hydrogens (tertiary/aromatic N) is 2. The summed E-state index contributed by atoms with van der Waals surface area (Å²) in [7, 11) is 0. The van der Waals surface area contributed by atoms with E-state index in [0.29, 0.717) is 36.3 Å². The molecule has 0 bridgehead atoms. The van der Waals surface area contributed by atoms with E-state index < -0.39 is 12.8 Å². The van der Waals surface area contributed by atoms with Crippen molar-refractivity contribution in [2.24, 2.45) is 45.6 Å². The van der Waals surface area contributed by atoms with Gasteiger partial charge in [0.05, 0.1) is 18.4 Å². The molecule has 0 aromatic carbocycles. The molecular weight excluding hydrogens is 445 g/mol. The molecule has 0 heterocycles. The van der Waals surface area contributed by atoms with Gasteiger partial charge in [0.25, 0.3) is 0 Å². The lowest BCUT2D eigenvalue weighted by Gasteiger charge is -2.61. The lowest BCUT2D eigenvalue weighted by atomic mass is 9.44. The van der Waals surface area contributed by atoms with Crippen molar-refractivity contribution in [1.29, 1.82) is 0 Å². The van der Waals surface area contributed by atoms with Crippen LogP contribution in [0.25, 0.3) is 0 Å². The number of aliphatic hydroxyl groups is 1. The van der Waals surface area contributed by atoms with Crippen LogP contribution < -0.4 is 5.32 Å². The van der Waals surface area contributed by atoms with Crippen molar-refractivity contribution in [1.82, 2.24) is 10.2 Å². The van der Waals surface area contributed by atoms with Crippen LogP contribution in [-0.2, 0) is 4.84 Å². The normalized spacial score (nSPS) is 41.0. The number of halogens is 1. The summed E-state index contributed by atoms with van der Waals surface area (Å²) in [6.45, 7) is 10.3. The van der Waals surface area contributed by atoms with Gasteiger partial charge in [-0.25, -0.2) is 9.18 Å². The Balaban J connectivity index is 1.41. The molecule has 0 aromatic rings. The van der Waals surface area contributed by atoms with Gasteiger partial charge in [-0.2, -0.15) is 0 Å². The third-order valence-electron chi connectivity index (χ3n) is 10.8. The zero-order valence-electron chi connectivity index (χ0n) is 22.4. The lowest BCUT2D eigenvalue weighted by Crippen LogP contribution is -2.54. The minimum Gasteiger partial charge on any atom is -0.393 e. The molecule has 4 fully saturated rings. The number of likely N-dealkylation sites (N-methyl/N-ethyl adjacent to an activating group) is 1. The van der Waals surface area contributed by atoms with E-state index in [4.69, 9.17) is 4.84 Å². The molecule has 4 saturated carbocycles. The Labute approximate surface area is 211 Å². The summed E-state index contributed by atoms with van der Waals surface area (Å²) >= 11 is 0. The number of aliphatic hydroxyl groups excluding tert-OH is 1. The predicted molar refractivity (Wildman–Crippen MR) is 137 cm³/mol. The average molecular weight is 494 g/mol. The van der Waals surface area contributed by atoms with E-state index in [0.717, 1.165) is 43.4 Å². The number of nitrogens with one attached hydrogen (secondary N) is 1. The standard InChI is InChI=1S/C28H48FN3O3/c1-5-30-15-17-32(16-14-29)26(34)35-31-19(2)23-8-9-24-22-7-6-20-18-21(33)10-12-27(20,3)25(22)11-13-28(23,24)4/h20-25,30,33H,5-18H2,1-4H3/b31-19+/t20-,21+,22+,23-,24+,25+,27+,28-/m1/s1. The lowest BCUT2D eigenvalue weighted by molar-refractivity contribution is -0.123. The number of carbonyl (C=O) groups is 1. The summed E-state index contributed by atoms with van der Waals surface area (Å²) in [5.74, 6) is 3.23. The minimum absolute atomic E-state index is 0.0296. The molecule has 7 heteroatoms. The van der Waals surface area contributed by atoms with E-state index in [1.54, 1.807) is 0 Å². The average Bonchev–Trinajstić information content (AvgIpc) is 3.19. The van der Waals surface area contributed by atoms with E-state index in [1.807, 2.05) is 13.8 Å². The van der Waals surface area contributed by atoms with Gasteiger partial charge in [-0.15, -0.1) is 0 Å². The summed E-state index contributed by atoms with van der Waals surface area (Å²) < 4.78 is 13.0. The fourth-order valence-electron chi connectivity index (χ4n) is 8.94. The number of amides is 1. The first kappa shape index (κ1) is 26.8. The van der Waals surface area contributed by atoms with Gasteiger partial charge in [-0.05, 0) is 106 Å². The highest BCUT2D eigenvalue weighted by Crippen LogP contribution is 2.67. The minimum atomic E-state index is -0.590. The number of oxime groups is 1. The Hall–Kier alpha value is -1.21. The van der Waals surface area contributed by atoms with Gasteiger partial charge < -0.3 is 15.3 Å². The van der Waals surface area contributed by atoms with Gasteiger partial charge >= 0.3 is 6.09 Å². The van der Waals surface area contributed by atoms with Crippen molar-refractivity contribution >= 4 is 11.8 Å². The molecule has 0 spiro atoms. The highest BCUT2D eigenvalue weighted by atomic mass is 19.1. The van der Waals surface area contributed by atoms with Crippen molar-refractivity contribution in [3.63, 3.8) is 0 Å².